The molecule has 0 spiro atoms. The second-order valence-corrected chi connectivity index (χ2v) is 7.94. The summed E-state index contributed by atoms with van der Waals surface area (Å²) in [5.74, 6) is -0.732. The second-order valence-electron chi connectivity index (χ2n) is 5.61. The molecule has 0 aliphatic heterocycles. The molecule has 1 aromatic heterocycles. The van der Waals surface area contributed by atoms with Crippen LogP contribution in [0.2, 0.25) is 5.02 Å². The average molecular weight is 392 g/mol. The Morgan fingerprint density at radius 1 is 1.36 bits per heavy atom. The van der Waals surface area contributed by atoms with E-state index in [1.165, 1.54) is 6.20 Å². The van der Waals surface area contributed by atoms with Crippen LogP contribution < -0.4 is 4.74 Å². The highest BCUT2D eigenvalue weighted by Gasteiger charge is 2.34. The van der Waals surface area contributed by atoms with Crippen LogP contribution in [0.5, 0.6) is 5.75 Å². The zero-order valence-electron chi connectivity index (χ0n) is 12.8. The molecule has 1 saturated carbocycles. The van der Waals surface area contributed by atoms with Gasteiger partial charge in [0.2, 0.25) is 0 Å². The van der Waals surface area contributed by atoms with Gasteiger partial charge in [-0.1, -0.05) is 16.8 Å². The number of aromatic nitrogens is 1. The van der Waals surface area contributed by atoms with Gasteiger partial charge in [-0.25, -0.2) is 8.42 Å². The minimum atomic E-state index is -4.00. The van der Waals surface area contributed by atoms with Crippen molar-refractivity contribution in [3.63, 3.8) is 0 Å². The van der Waals surface area contributed by atoms with Crippen LogP contribution in [-0.2, 0) is 9.84 Å². The van der Waals surface area contributed by atoms with Gasteiger partial charge in [0.25, 0.3) is 0 Å². The summed E-state index contributed by atoms with van der Waals surface area (Å²) >= 11 is 5.93. The van der Waals surface area contributed by atoms with Gasteiger partial charge in [-0.15, -0.1) is 0 Å². The topological polar surface area (TPSA) is 86.5 Å². The highest BCUT2D eigenvalue weighted by molar-refractivity contribution is 7.91. The first-order valence-electron chi connectivity index (χ1n) is 7.16. The zero-order chi connectivity index (χ0) is 18.4. The maximum Gasteiger partial charge on any atom is 0.387 e. The predicted molar refractivity (Wildman–Crippen MR) is 83.1 cm³/mol. The summed E-state index contributed by atoms with van der Waals surface area (Å²) in [6, 6.07) is 2.12. The van der Waals surface area contributed by atoms with Gasteiger partial charge in [0.15, 0.2) is 21.4 Å². The Labute approximate surface area is 146 Å². The summed E-state index contributed by atoms with van der Waals surface area (Å²) in [4.78, 5) is 12.2. The van der Waals surface area contributed by atoms with Gasteiger partial charge in [-0.2, -0.15) is 8.78 Å². The summed E-state index contributed by atoms with van der Waals surface area (Å²) in [7, 11) is -4.00. The number of carbonyl (C=O) groups is 1. The van der Waals surface area contributed by atoms with E-state index in [0.717, 1.165) is 31.2 Å². The van der Waals surface area contributed by atoms with Crippen molar-refractivity contribution in [3.8, 4) is 5.75 Å². The van der Waals surface area contributed by atoms with Crippen LogP contribution >= 0.6 is 11.6 Å². The van der Waals surface area contributed by atoms with Crippen LogP contribution in [0.25, 0.3) is 0 Å². The van der Waals surface area contributed by atoms with Crippen LogP contribution in [0.1, 0.15) is 40.4 Å². The molecule has 1 aromatic carbocycles. The monoisotopic (exact) mass is 391 g/mol. The summed E-state index contributed by atoms with van der Waals surface area (Å²) in [5.41, 5.74) is -0.120. The van der Waals surface area contributed by atoms with Crippen LogP contribution in [0, 0.1) is 0 Å². The Balaban J connectivity index is 2.13. The molecule has 1 aliphatic carbocycles. The van der Waals surface area contributed by atoms with Gasteiger partial charge in [0.05, 0.1) is 11.8 Å². The van der Waals surface area contributed by atoms with Crippen LogP contribution in [0.4, 0.5) is 8.78 Å². The van der Waals surface area contributed by atoms with Gasteiger partial charge in [-0.3, -0.25) is 4.79 Å². The molecule has 2 aromatic rings. The molecule has 0 atom stereocenters. The summed E-state index contributed by atoms with van der Waals surface area (Å²) in [6.07, 6.45) is 3.72. The van der Waals surface area contributed by atoms with Crippen molar-refractivity contribution < 1.29 is 31.3 Å². The molecule has 134 valence electrons. The van der Waals surface area contributed by atoms with E-state index in [9.17, 15) is 22.0 Å². The fraction of sp³-hybridized carbons (Fsp3) is 0.333. The lowest BCUT2D eigenvalue weighted by molar-refractivity contribution is -0.0499. The molecule has 1 fully saturated rings. The van der Waals surface area contributed by atoms with Crippen molar-refractivity contribution in [3.05, 3.63) is 40.2 Å². The Bertz CT molecular complexity index is 937. The lowest BCUT2D eigenvalue weighted by Gasteiger charge is -2.13. The first kappa shape index (κ1) is 17.8. The molecule has 0 N–H and O–H groups in total. The molecule has 0 unspecified atom stereocenters. The molecule has 1 aliphatic rings. The van der Waals surface area contributed by atoms with E-state index in [1.54, 1.807) is 0 Å². The van der Waals surface area contributed by atoms with Crippen molar-refractivity contribution in [2.24, 2.45) is 0 Å². The zero-order valence-corrected chi connectivity index (χ0v) is 14.4. The van der Waals surface area contributed by atoms with Gasteiger partial charge in [0, 0.05) is 17.7 Å². The Kier molecular flexibility index (Phi) is 4.54. The highest BCUT2D eigenvalue weighted by Crippen LogP contribution is 2.43. The van der Waals surface area contributed by atoms with E-state index < -0.39 is 37.9 Å². The Hall–Kier alpha value is -2.00. The maximum atomic E-state index is 12.8. The number of hydrogen-bond donors (Lipinski definition) is 0. The molecule has 3 rings (SSSR count). The number of hydrogen-bond acceptors (Lipinski definition) is 6. The third-order valence-corrected chi connectivity index (χ3v) is 5.34. The van der Waals surface area contributed by atoms with Crippen molar-refractivity contribution in [2.45, 2.75) is 30.3 Å². The highest BCUT2D eigenvalue weighted by atomic mass is 35.5. The lowest BCUT2D eigenvalue weighted by Crippen LogP contribution is -2.12. The number of ether oxygens (including phenoxy) is 1. The Morgan fingerprint density at radius 2 is 2.04 bits per heavy atom. The quantitative estimate of drug-likeness (QED) is 0.701. The van der Waals surface area contributed by atoms with E-state index in [2.05, 4.69) is 9.89 Å². The number of carbonyl (C=O) groups excluding carboxylic acids is 1. The molecular formula is C15H12ClF2NO5S. The third kappa shape index (κ3) is 3.52. The minimum Gasteiger partial charge on any atom is -0.433 e. The van der Waals surface area contributed by atoms with E-state index in [1.807, 2.05) is 0 Å². The molecule has 1 heterocycles. The lowest BCUT2D eigenvalue weighted by atomic mass is 10.0. The molecule has 25 heavy (non-hydrogen) atoms. The van der Waals surface area contributed by atoms with E-state index in [0.29, 0.717) is 5.76 Å². The normalized spacial score (nSPS) is 14.8. The number of ketones is 1. The minimum absolute atomic E-state index is 0.0695. The molecule has 6 nitrogen and oxygen atoms in total. The molecule has 0 saturated heterocycles. The Morgan fingerprint density at radius 3 is 2.60 bits per heavy atom. The van der Waals surface area contributed by atoms with E-state index in [-0.39, 0.29) is 17.0 Å². The standard InChI is InChI=1S/C15H12ClF2NO5S/c1-25(21,22)14-8(4-5-10(11(14)16)23-15(17)18)12(20)9-6-19-24-13(9)7-2-3-7/h4-7,15H,2-3H2,1H3. The van der Waals surface area contributed by atoms with Crippen molar-refractivity contribution >= 4 is 27.2 Å². The average Bonchev–Trinajstić information content (AvgIpc) is 3.23. The smallest absolute Gasteiger partial charge is 0.387 e. The maximum absolute atomic E-state index is 12.8. The van der Waals surface area contributed by atoms with Crippen LogP contribution in [-0.4, -0.2) is 32.2 Å². The number of benzene rings is 1. The van der Waals surface area contributed by atoms with Gasteiger partial charge in [-0.05, 0) is 25.0 Å². The van der Waals surface area contributed by atoms with E-state index >= 15 is 0 Å². The number of nitrogens with zero attached hydrogens (tertiary/aromatic N) is 1. The first-order valence-corrected chi connectivity index (χ1v) is 9.43. The van der Waals surface area contributed by atoms with Crippen molar-refractivity contribution in [1.82, 2.24) is 5.16 Å². The number of sulfone groups is 1. The first-order chi connectivity index (χ1) is 11.7. The largest absolute Gasteiger partial charge is 0.433 e. The number of halogens is 3. The summed E-state index contributed by atoms with van der Waals surface area (Å²) in [6.45, 7) is -3.19. The number of alkyl halides is 2. The number of rotatable bonds is 6. The van der Waals surface area contributed by atoms with Gasteiger partial charge < -0.3 is 9.26 Å². The molecule has 10 heteroatoms. The van der Waals surface area contributed by atoms with Crippen molar-refractivity contribution in [1.29, 1.82) is 0 Å². The van der Waals surface area contributed by atoms with E-state index in [4.69, 9.17) is 16.1 Å². The third-order valence-electron chi connectivity index (χ3n) is 3.68. The van der Waals surface area contributed by atoms with Gasteiger partial charge >= 0.3 is 6.61 Å². The predicted octanol–water partition coefficient (Wildman–Crippen LogP) is 3.44. The van der Waals surface area contributed by atoms with Crippen molar-refractivity contribution in [2.75, 3.05) is 6.26 Å². The molecule has 0 bridgehead atoms. The van der Waals surface area contributed by atoms with Gasteiger partial charge in [0.1, 0.15) is 15.7 Å². The molecule has 0 amide bonds. The summed E-state index contributed by atoms with van der Waals surface area (Å²) < 4.78 is 58.4. The SMILES string of the molecule is CS(=O)(=O)c1c(C(=O)c2cnoc2C2CC2)ccc(OC(F)F)c1Cl. The summed E-state index contributed by atoms with van der Waals surface area (Å²) in [5, 5.41) is 3.03. The van der Waals surface area contributed by atoms with Crippen LogP contribution in [0.15, 0.2) is 27.7 Å². The second kappa shape index (κ2) is 6.38. The molecule has 0 radical (unpaired) electrons. The van der Waals surface area contributed by atoms with Crippen LogP contribution in [0.3, 0.4) is 0 Å². The molecular weight excluding hydrogens is 380 g/mol. The fourth-order valence-corrected chi connectivity index (χ4v) is 4.09. The fourth-order valence-electron chi connectivity index (χ4n) is 2.47.